The highest BCUT2D eigenvalue weighted by atomic mass is 32.2. The lowest BCUT2D eigenvalue weighted by atomic mass is 10.1. The Labute approximate surface area is 126 Å². The lowest BCUT2D eigenvalue weighted by Gasteiger charge is -2.12. The Bertz CT molecular complexity index is 592. The molecule has 0 saturated carbocycles. The fourth-order valence-electron chi connectivity index (χ4n) is 1.67. The Morgan fingerprint density at radius 2 is 2.24 bits per heavy atom. The average molecular weight is 311 g/mol. The zero-order valence-corrected chi connectivity index (χ0v) is 12.8. The normalized spacial score (nSPS) is 13.0. The maximum Gasteiger partial charge on any atom is 0.251 e. The van der Waals surface area contributed by atoms with Crippen LogP contribution in [0.15, 0.2) is 18.2 Å². The number of rotatable bonds is 5. The Balaban J connectivity index is 2.77. The molecule has 0 aromatic heterocycles. The van der Waals surface area contributed by atoms with Crippen molar-refractivity contribution in [2.75, 3.05) is 18.6 Å². The summed E-state index contributed by atoms with van der Waals surface area (Å²) in [7, 11) is -1.01. The van der Waals surface area contributed by atoms with E-state index in [1.807, 2.05) is 0 Å². The second-order valence-electron chi connectivity index (χ2n) is 4.58. The molecule has 0 bridgehead atoms. The Kier molecular flexibility index (Phi) is 7.06. The average Bonchev–Trinajstić information content (AvgIpc) is 2.39. The molecular weight excluding hydrogens is 293 g/mol. The molecule has 114 valence electrons. The van der Waals surface area contributed by atoms with Crippen LogP contribution >= 0.6 is 0 Å². The number of aliphatic hydroxyl groups excluding tert-OH is 1. The fraction of sp³-hybridized carbons (Fsp3) is 0.400. The van der Waals surface area contributed by atoms with Gasteiger partial charge in [-0.1, -0.05) is 11.8 Å². The van der Waals surface area contributed by atoms with Gasteiger partial charge in [-0.25, -0.2) is 4.39 Å². The fourth-order valence-corrected chi connectivity index (χ4v) is 2.46. The van der Waals surface area contributed by atoms with Gasteiger partial charge >= 0.3 is 0 Å². The van der Waals surface area contributed by atoms with Gasteiger partial charge in [0.2, 0.25) is 0 Å². The first-order valence-electron chi connectivity index (χ1n) is 6.44. The molecule has 21 heavy (non-hydrogen) atoms. The summed E-state index contributed by atoms with van der Waals surface area (Å²) in [4.78, 5) is 11.9. The summed E-state index contributed by atoms with van der Waals surface area (Å²) in [5.74, 6) is 4.56. The zero-order chi connectivity index (χ0) is 15.8. The van der Waals surface area contributed by atoms with Crippen LogP contribution in [0, 0.1) is 17.7 Å². The molecule has 1 amide bonds. The zero-order valence-electron chi connectivity index (χ0n) is 12.0. The molecule has 2 N–H and O–H groups in total. The standard InChI is InChI=1S/C15H18FNO3S/c1-11(10-21(2)20)17-15(19)13-7-6-12(14(16)9-13)5-3-4-8-18/h6-7,9,11,18H,4,8,10H2,1-2H3,(H,17,19). The quantitative estimate of drug-likeness (QED) is 0.799. The highest BCUT2D eigenvalue weighted by Gasteiger charge is 2.12. The van der Waals surface area contributed by atoms with Gasteiger partial charge < -0.3 is 10.4 Å². The first-order valence-corrected chi connectivity index (χ1v) is 8.17. The molecule has 0 spiro atoms. The minimum Gasteiger partial charge on any atom is -0.395 e. The molecular formula is C15H18FNO3S. The van der Waals surface area contributed by atoms with Gasteiger partial charge in [-0.2, -0.15) is 0 Å². The summed E-state index contributed by atoms with van der Waals surface area (Å²) in [5, 5.41) is 11.3. The SMILES string of the molecule is CC(CS(C)=O)NC(=O)c1ccc(C#CCCO)c(F)c1. The maximum absolute atomic E-state index is 13.8. The van der Waals surface area contributed by atoms with Crippen LogP contribution in [0.3, 0.4) is 0 Å². The van der Waals surface area contributed by atoms with Crippen molar-refractivity contribution in [3.63, 3.8) is 0 Å². The van der Waals surface area contributed by atoms with Crippen molar-refractivity contribution in [3.05, 3.63) is 35.1 Å². The second kappa shape index (κ2) is 8.55. The monoisotopic (exact) mass is 311 g/mol. The molecule has 4 nitrogen and oxygen atoms in total. The van der Waals surface area contributed by atoms with Gasteiger partial charge in [0.25, 0.3) is 5.91 Å². The minimum atomic E-state index is -1.01. The molecule has 1 aromatic carbocycles. The number of amides is 1. The second-order valence-corrected chi connectivity index (χ2v) is 6.06. The molecule has 1 rings (SSSR count). The molecule has 1 aromatic rings. The summed E-state index contributed by atoms with van der Waals surface area (Å²) in [6.45, 7) is 1.66. The van der Waals surface area contributed by atoms with Crippen LogP contribution < -0.4 is 5.32 Å². The third kappa shape index (κ3) is 6.06. The van der Waals surface area contributed by atoms with Crippen LogP contribution in [-0.2, 0) is 10.8 Å². The Morgan fingerprint density at radius 3 is 2.81 bits per heavy atom. The number of benzene rings is 1. The Hall–Kier alpha value is -1.71. The number of hydrogen-bond donors (Lipinski definition) is 2. The molecule has 2 atom stereocenters. The van der Waals surface area contributed by atoms with Crippen LogP contribution in [0.2, 0.25) is 0 Å². The largest absolute Gasteiger partial charge is 0.395 e. The summed E-state index contributed by atoms with van der Waals surface area (Å²) >= 11 is 0. The predicted molar refractivity (Wildman–Crippen MR) is 80.8 cm³/mol. The number of carbonyl (C=O) groups is 1. The molecule has 2 unspecified atom stereocenters. The van der Waals surface area contributed by atoms with Crippen LogP contribution in [0.4, 0.5) is 4.39 Å². The molecule has 0 fully saturated rings. The first-order chi connectivity index (χ1) is 9.93. The first kappa shape index (κ1) is 17.3. The number of carbonyl (C=O) groups excluding carboxylic acids is 1. The lowest BCUT2D eigenvalue weighted by Crippen LogP contribution is -2.36. The molecule has 0 radical (unpaired) electrons. The van der Waals surface area contributed by atoms with Gasteiger partial charge in [-0.15, -0.1) is 0 Å². The van der Waals surface area contributed by atoms with E-state index in [4.69, 9.17) is 5.11 Å². The van der Waals surface area contributed by atoms with E-state index in [1.54, 1.807) is 13.2 Å². The van der Waals surface area contributed by atoms with E-state index in [0.717, 1.165) is 6.07 Å². The van der Waals surface area contributed by atoms with Crippen LogP contribution in [0.25, 0.3) is 0 Å². The summed E-state index contributed by atoms with van der Waals surface area (Å²) < 4.78 is 24.9. The highest BCUT2D eigenvalue weighted by molar-refractivity contribution is 7.84. The minimum absolute atomic E-state index is 0.0776. The van der Waals surface area contributed by atoms with Gasteiger partial charge in [0, 0.05) is 40.8 Å². The molecule has 0 aliphatic carbocycles. The van der Waals surface area contributed by atoms with Gasteiger partial charge in [0.15, 0.2) is 0 Å². The van der Waals surface area contributed by atoms with Gasteiger partial charge in [-0.05, 0) is 25.1 Å². The van der Waals surface area contributed by atoms with E-state index < -0.39 is 22.5 Å². The van der Waals surface area contributed by atoms with E-state index in [0.29, 0.717) is 5.75 Å². The maximum atomic E-state index is 13.8. The van der Waals surface area contributed by atoms with E-state index >= 15 is 0 Å². The van der Waals surface area contributed by atoms with Crippen molar-refractivity contribution in [1.82, 2.24) is 5.32 Å². The molecule has 0 heterocycles. The van der Waals surface area contributed by atoms with Crippen molar-refractivity contribution in [1.29, 1.82) is 0 Å². The van der Waals surface area contributed by atoms with E-state index in [9.17, 15) is 13.4 Å². The molecule has 0 saturated heterocycles. The van der Waals surface area contributed by atoms with Crippen molar-refractivity contribution < 1.29 is 18.5 Å². The van der Waals surface area contributed by atoms with Gasteiger partial charge in [-0.3, -0.25) is 9.00 Å². The third-order valence-corrected chi connectivity index (χ3v) is 3.52. The smallest absolute Gasteiger partial charge is 0.251 e. The predicted octanol–water partition coefficient (Wildman–Crippen LogP) is 1.06. The van der Waals surface area contributed by atoms with Crippen molar-refractivity contribution in [2.45, 2.75) is 19.4 Å². The van der Waals surface area contributed by atoms with Gasteiger partial charge in [0.1, 0.15) is 5.82 Å². The summed E-state index contributed by atoms with van der Waals surface area (Å²) in [6.07, 6.45) is 1.83. The van der Waals surface area contributed by atoms with Crippen molar-refractivity contribution in [3.8, 4) is 11.8 Å². The number of nitrogens with one attached hydrogen (secondary N) is 1. The topological polar surface area (TPSA) is 66.4 Å². The summed E-state index contributed by atoms with van der Waals surface area (Å²) in [5.41, 5.74) is 0.372. The lowest BCUT2D eigenvalue weighted by molar-refractivity contribution is 0.0943. The number of aliphatic hydroxyl groups is 1. The number of halogens is 1. The molecule has 0 aliphatic heterocycles. The van der Waals surface area contributed by atoms with E-state index in [2.05, 4.69) is 17.2 Å². The molecule has 0 aliphatic rings. The summed E-state index contributed by atoms with van der Waals surface area (Å²) in [6, 6.07) is 3.78. The third-order valence-electron chi connectivity index (χ3n) is 2.55. The van der Waals surface area contributed by atoms with Crippen LogP contribution in [-0.4, -0.2) is 39.9 Å². The van der Waals surface area contributed by atoms with Gasteiger partial charge in [0.05, 0.1) is 12.2 Å². The Morgan fingerprint density at radius 1 is 1.52 bits per heavy atom. The highest BCUT2D eigenvalue weighted by Crippen LogP contribution is 2.10. The number of hydrogen-bond acceptors (Lipinski definition) is 3. The van der Waals surface area contributed by atoms with Crippen LogP contribution in [0.5, 0.6) is 0 Å². The van der Waals surface area contributed by atoms with Crippen molar-refractivity contribution >= 4 is 16.7 Å². The van der Waals surface area contributed by atoms with E-state index in [-0.39, 0.29) is 30.2 Å². The van der Waals surface area contributed by atoms with E-state index in [1.165, 1.54) is 12.1 Å². The van der Waals surface area contributed by atoms with Crippen molar-refractivity contribution in [2.24, 2.45) is 0 Å². The van der Waals surface area contributed by atoms with Crippen LogP contribution in [0.1, 0.15) is 29.3 Å². The molecule has 6 heteroatoms.